The van der Waals surface area contributed by atoms with Crippen LogP contribution in [0.5, 0.6) is 5.75 Å². The molecule has 9 nitrogen and oxygen atoms in total. The number of amides is 3. The minimum atomic E-state index is -4.50. The predicted molar refractivity (Wildman–Crippen MR) is 132 cm³/mol. The van der Waals surface area contributed by atoms with E-state index < -0.39 is 23.8 Å². The van der Waals surface area contributed by atoms with Gasteiger partial charge in [-0.3, -0.25) is 14.4 Å². The minimum Gasteiger partial charge on any atom is -0.490 e. The molecule has 39 heavy (non-hydrogen) atoms. The van der Waals surface area contributed by atoms with E-state index in [-0.39, 0.29) is 47.6 Å². The van der Waals surface area contributed by atoms with Crippen molar-refractivity contribution in [1.82, 2.24) is 10.2 Å². The zero-order valence-corrected chi connectivity index (χ0v) is 21.1. The molecule has 2 N–H and O–H groups in total. The molecule has 3 heterocycles. The van der Waals surface area contributed by atoms with Crippen molar-refractivity contribution in [2.75, 3.05) is 38.7 Å². The molecule has 0 aromatic heterocycles. The Kier molecular flexibility index (Phi) is 7.50. The number of ether oxygens (including phenoxy) is 3. The van der Waals surface area contributed by atoms with Crippen LogP contribution in [0.15, 0.2) is 42.5 Å². The van der Waals surface area contributed by atoms with Gasteiger partial charge in [0.05, 0.1) is 42.4 Å². The van der Waals surface area contributed by atoms with Crippen LogP contribution in [-0.4, -0.2) is 74.3 Å². The van der Waals surface area contributed by atoms with Gasteiger partial charge in [-0.1, -0.05) is 0 Å². The highest BCUT2D eigenvalue weighted by molar-refractivity contribution is 6.05. The Hall–Kier alpha value is -3.64. The molecule has 208 valence electrons. The maximum Gasteiger partial charge on any atom is 0.416 e. The van der Waals surface area contributed by atoms with Gasteiger partial charge in [-0.05, 0) is 55.3 Å². The van der Waals surface area contributed by atoms with Gasteiger partial charge in [-0.25, -0.2) is 0 Å². The zero-order valence-electron chi connectivity index (χ0n) is 21.1. The number of likely N-dealkylation sites (N-methyl/N-ethyl adjacent to an activating group) is 1. The first-order valence-corrected chi connectivity index (χ1v) is 12.6. The Balaban J connectivity index is 1.24. The van der Waals surface area contributed by atoms with Gasteiger partial charge in [0.15, 0.2) is 0 Å². The number of hydrogen-bond acceptors (Lipinski definition) is 6. The van der Waals surface area contributed by atoms with Gasteiger partial charge in [0.1, 0.15) is 18.5 Å². The molecule has 0 spiro atoms. The van der Waals surface area contributed by atoms with Crippen LogP contribution in [0.4, 0.5) is 18.9 Å². The third-order valence-corrected chi connectivity index (χ3v) is 7.26. The fourth-order valence-electron chi connectivity index (χ4n) is 4.86. The third kappa shape index (κ3) is 5.86. The summed E-state index contributed by atoms with van der Waals surface area (Å²) >= 11 is 0. The number of nitrogens with one attached hydrogen (secondary N) is 2. The second-order valence-corrected chi connectivity index (χ2v) is 9.89. The molecule has 3 aliphatic rings. The summed E-state index contributed by atoms with van der Waals surface area (Å²) < 4.78 is 55.6. The molecular formula is C27H28F3N3O6. The minimum absolute atomic E-state index is 0.0448. The molecule has 12 heteroatoms. The normalized spacial score (nSPS) is 23.3. The molecule has 3 amide bonds. The standard InChI is InChI=1S/C27H28F3N3O6/c1-33-21-8-7-19(11-31-24(34)16-12-37-13-16)39-23(21)14-38-22-9-6-18(10-20(22)26(33)36)32-25(35)15-2-4-17(5-3-15)27(28,29)30/h2-6,9-10,16,19,21,23H,7-8,11-14H2,1H3,(H,31,34)(H,32,35)/t19-,21-,23-/m0/s1. The van der Waals surface area contributed by atoms with Gasteiger partial charge < -0.3 is 29.7 Å². The number of carbonyl (C=O) groups excluding carboxylic acids is 3. The summed E-state index contributed by atoms with van der Waals surface area (Å²) in [5, 5.41) is 5.53. The zero-order chi connectivity index (χ0) is 27.7. The molecule has 0 bridgehead atoms. The monoisotopic (exact) mass is 547 g/mol. The topological polar surface area (TPSA) is 106 Å². The lowest BCUT2D eigenvalue weighted by atomic mass is 9.95. The SMILES string of the molecule is CN1C(=O)c2cc(NC(=O)c3ccc(C(F)(F)F)cc3)ccc2OC[C@@H]2O[C@H](CNC(=O)C3COC3)CC[C@@H]21. The van der Waals surface area contributed by atoms with E-state index in [4.69, 9.17) is 14.2 Å². The van der Waals surface area contributed by atoms with Crippen LogP contribution in [0.3, 0.4) is 0 Å². The van der Waals surface area contributed by atoms with Crippen molar-refractivity contribution in [3.8, 4) is 5.75 Å². The second kappa shape index (κ2) is 10.9. The molecule has 0 unspecified atom stereocenters. The first-order valence-electron chi connectivity index (χ1n) is 12.6. The highest BCUT2D eigenvalue weighted by Gasteiger charge is 2.39. The van der Waals surface area contributed by atoms with E-state index in [1.165, 1.54) is 6.07 Å². The van der Waals surface area contributed by atoms with E-state index in [1.54, 1.807) is 24.1 Å². The molecule has 0 saturated carbocycles. The van der Waals surface area contributed by atoms with Crippen LogP contribution >= 0.6 is 0 Å². The number of anilines is 1. The van der Waals surface area contributed by atoms with Crippen molar-refractivity contribution in [3.63, 3.8) is 0 Å². The van der Waals surface area contributed by atoms with Crippen LogP contribution in [0.2, 0.25) is 0 Å². The molecular weight excluding hydrogens is 519 g/mol. The molecule has 0 radical (unpaired) electrons. The van der Waals surface area contributed by atoms with Gasteiger partial charge in [-0.15, -0.1) is 0 Å². The quantitative estimate of drug-likeness (QED) is 0.596. The largest absolute Gasteiger partial charge is 0.490 e. The Morgan fingerprint density at radius 3 is 2.46 bits per heavy atom. The molecule has 3 aliphatic heterocycles. The Bertz CT molecular complexity index is 1250. The number of fused-ring (bicyclic) bond motifs is 2. The molecule has 0 aliphatic carbocycles. The average molecular weight is 548 g/mol. The van der Waals surface area contributed by atoms with Crippen LogP contribution in [-0.2, 0) is 20.4 Å². The van der Waals surface area contributed by atoms with Gasteiger partial charge in [0.25, 0.3) is 11.8 Å². The molecule has 2 fully saturated rings. The summed E-state index contributed by atoms with van der Waals surface area (Å²) in [4.78, 5) is 39.7. The summed E-state index contributed by atoms with van der Waals surface area (Å²) in [5.41, 5.74) is -0.258. The fraction of sp³-hybridized carbons (Fsp3) is 0.444. The summed E-state index contributed by atoms with van der Waals surface area (Å²) in [6, 6.07) is 8.22. The van der Waals surface area contributed by atoms with Gasteiger partial charge in [0.2, 0.25) is 5.91 Å². The van der Waals surface area contributed by atoms with Crippen LogP contribution in [0.1, 0.15) is 39.1 Å². The molecule has 2 saturated heterocycles. The molecule has 2 aromatic rings. The molecule has 2 aromatic carbocycles. The number of halogens is 3. The maximum atomic E-state index is 13.4. The Morgan fingerprint density at radius 2 is 1.79 bits per heavy atom. The number of alkyl halides is 3. The fourth-order valence-corrected chi connectivity index (χ4v) is 4.86. The smallest absolute Gasteiger partial charge is 0.416 e. The van der Waals surface area contributed by atoms with E-state index in [2.05, 4.69) is 10.6 Å². The second-order valence-electron chi connectivity index (χ2n) is 9.89. The molecule has 3 atom stereocenters. The lowest BCUT2D eigenvalue weighted by Gasteiger charge is -2.42. The first-order chi connectivity index (χ1) is 18.6. The number of benzene rings is 2. The van der Waals surface area contributed by atoms with Gasteiger partial charge >= 0.3 is 6.18 Å². The van der Waals surface area contributed by atoms with Crippen LogP contribution in [0, 0.1) is 5.92 Å². The maximum absolute atomic E-state index is 13.4. The number of nitrogens with zero attached hydrogens (tertiary/aromatic N) is 1. The summed E-state index contributed by atoms with van der Waals surface area (Å²) in [6.45, 7) is 1.42. The van der Waals surface area contributed by atoms with E-state index in [1.807, 2.05) is 0 Å². The lowest BCUT2D eigenvalue weighted by molar-refractivity contribution is -0.141. The summed E-state index contributed by atoms with van der Waals surface area (Å²) in [7, 11) is 1.69. The Morgan fingerprint density at radius 1 is 1.05 bits per heavy atom. The van der Waals surface area contributed by atoms with E-state index in [9.17, 15) is 27.6 Å². The van der Waals surface area contributed by atoms with Crippen LogP contribution in [0.25, 0.3) is 0 Å². The molecule has 5 rings (SSSR count). The van der Waals surface area contributed by atoms with Crippen molar-refractivity contribution in [2.45, 2.75) is 37.3 Å². The number of hydrogen-bond donors (Lipinski definition) is 2. The van der Waals surface area contributed by atoms with Crippen LogP contribution < -0.4 is 15.4 Å². The van der Waals surface area contributed by atoms with E-state index >= 15 is 0 Å². The van der Waals surface area contributed by atoms with E-state index in [0.717, 1.165) is 24.3 Å². The highest BCUT2D eigenvalue weighted by atomic mass is 19.4. The van der Waals surface area contributed by atoms with Crippen molar-refractivity contribution < 1.29 is 41.8 Å². The van der Waals surface area contributed by atoms with Gasteiger partial charge in [0, 0.05) is 24.8 Å². The summed E-state index contributed by atoms with van der Waals surface area (Å²) in [5.74, 6) is -0.772. The van der Waals surface area contributed by atoms with Crippen molar-refractivity contribution in [2.24, 2.45) is 5.92 Å². The van der Waals surface area contributed by atoms with Crippen molar-refractivity contribution in [1.29, 1.82) is 0 Å². The lowest BCUT2D eigenvalue weighted by Crippen LogP contribution is -2.55. The first kappa shape index (κ1) is 26.9. The van der Waals surface area contributed by atoms with E-state index in [0.29, 0.717) is 44.0 Å². The number of rotatable bonds is 5. The number of carbonyl (C=O) groups is 3. The van der Waals surface area contributed by atoms with Gasteiger partial charge in [-0.2, -0.15) is 13.2 Å². The average Bonchev–Trinajstić information content (AvgIpc) is 2.88. The highest BCUT2D eigenvalue weighted by Crippen LogP contribution is 2.32. The third-order valence-electron chi connectivity index (χ3n) is 7.26. The van der Waals surface area contributed by atoms with Crippen molar-refractivity contribution >= 4 is 23.4 Å². The predicted octanol–water partition coefficient (Wildman–Crippen LogP) is 3.10. The Labute approximate surface area is 222 Å². The summed E-state index contributed by atoms with van der Waals surface area (Å²) in [6.07, 6.45) is -3.79. The van der Waals surface area contributed by atoms with Crippen molar-refractivity contribution in [3.05, 3.63) is 59.2 Å².